The van der Waals surface area contributed by atoms with Crippen molar-refractivity contribution in [1.29, 1.82) is 0 Å². The fourth-order valence-corrected chi connectivity index (χ4v) is 4.36. The molecule has 1 atom stereocenters. The van der Waals surface area contributed by atoms with Gasteiger partial charge in [-0.2, -0.15) is 0 Å². The summed E-state index contributed by atoms with van der Waals surface area (Å²) < 4.78 is 13.3. The highest BCUT2D eigenvalue weighted by Gasteiger charge is 2.28. The molecule has 0 heterocycles. The van der Waals surface area contributed by atoms with Crippen LogP contribution in [-0.2, 0) is 21.9 Å². The van der Waals surface area contributed by atoms with Crippen LogP contribution in [0.1, 0.15) is 44.2 Å². The lowest BCUT2D eigenvalue weighted by atomic mass is 10.1. The van der Waals surface area contributed by atoms with E-state index < -0.39 is 6.04 Å². The Morgan fingerprint density at radius 1 is 1.06 bits per heavy atom. The molecule has 0 aliphatic rings. The molecule has 32 heavy (non-hydrogen) atoms. The summed E-state index contributed by atoms with van der Waals surface area (Å²) in [4.78, 5) is 27.6. The van der Waals surface area contributed by atoms with E-state index in [-0.39, 0.29) is 29.9 Å². The second-order valence-electron chi connectivity index (χ2n) is 7.46. The number of rotatable bonds is 12. The highest BCUT2D eigenvalue weighted by molar-refractivity contribution is 7.99. The third-order valence-corrected chi connectivity index (χ3v) is 6.69. The first-order valence-corrected chi connectivity index (χ1v) is 12.6. The van der Waals surface area contributed by atoms with Crippen molar-refractivity contribution >= 4 is 46.8 Å². The van der Waals surface area contributed by atoms with E-state index in [1.165, 1.54) is 23.9 Å². The minimum Gasteiger partial charge on any atom is -0.354 e. The fraction of sp³-hybridized carbons (Fsp3) is 0.417. The Labute approximate surface area is 203 Å². The Morgan fingerprint density at radius 3 is 2.38 bits per heavy atom. The highest BCUT2D eigenvalue weighted by Crippen LogP contribution is 2.25. The summed E-state index contributed by atoms with van der Waals surface area (Å²) in [7, 11) is 0. The van der Waals surface area contributed by atoms with Gasteiger partial charge in [0.1, 0.15) is 11.9 Å². The Morgan fingerprint density at radius 2 is 1.75 bits per heavy atom. The molecule has 0 aliphatic heterocycles. The number of thioether (sulfide) groups is 1. The molecule has 0 fully saturated rings. The first kappa shape index (κ1) is 26.5. The molecule has 0 bridgehead atoms. The Balaban J connectivity index is 2.10. The number of nitrogens with one attached hydrogen (secondary N) is 1. The molecular formula is C24H29Cl2FN2O2S. The maximum atomic E-state index is 13.3. The van der Waals surface area contributed by atoms with Crippen LogP contribution >= 0.6 is 35.0 Å². The molecular weight excluding hydrogens is 470 g/mol. The zero-order valence-corrected chi connectivity index (χ0v) is 20.7. The van der Waals surface area contributed by atoms with Gasteiger partial charge >= 0.3 is 0 Å². The maximum absolute atomic E-state index is 13.3. The first-order chi connectivity index (χ1) is 15.3. The van der Waals surface area contributed by atoms with Gasteiger partial charge in [-0.3, -0.25) is 9.59 Å². The molecule has 2 aromatic rings. The summed E-state index contributed by atoms with van der Waals surface area (Å²) in [5, 5.41) is 3.90. The van der Waals surface area contributed by atoms with E-state index in [0.29, 0.717) is 28.8 Å². The lowest BCUT2D eigenvalue weighted by Crippen LogP contribution is -2.49. The summed E-state index contributed by atoms with van der Waals surface area (Å²) in [6, 6.07) is 10.8. The molecule has 2 aromatic carbocycles. The Bertz CT molecular complexity index is 896. The summed E-state index contributed by atoms with van der Waals surface area (Å²) in [5.74, 6) is 0.156. The minimum atomic E-state index is -0.588. The van der Waals surface area contributed by atoms with E-state index in [4.69, 9.17) is 23.2 Å². The molecule has 8 heteroatoms. The zero-order valence-electron chi connectivity index (χ0n) is 18.4. The van der Waals surface area contributed by atoms with Gasteiger partial charge in [-0.15, -0.1) is 11.8 Å². The average molecular weight is 499 g/mol. The Hall–Kier alpha value is -1.76. The summed E-state index contributed by atoms with van der Waals surface area (Å²) in [6.07, 6.45) is 2.34. The van der Waals surface area contributed by atoms with Crippen LogP contribution in [0.5, 0.6) is 0 Å². The molecule has 2 rings (SSSR count). The molecule has 0 aromatic heterocycles. The van der Waals surface area contributed by atoms with Crippen LogP contribution < -0.4 is 5.32 Å². The number of benzene rings is 2. The van der Waals surface area contributed by atoms with Crippen molar-refractivity contribution in [3.05, 3.63) is 69.5 Å². The smallest absolute Gasteiger partial charge is 0.242 e. The standard InChI is InChI=1S/C24H29Cl2FN2O2S/c1-3-5-12-28-24(31)22(4-2)29(14-17-6-9-19(27)10-7-17)23(30)16-32-15-18-8-11-20(25)21(26)13-18/h6-11,13,22H,3-5,12,14-16H2,1-2H3,(H,28,31). The van der Waals surface area contributed by atoms with Crippen LogP contribution in [0.25, 0.3) is 0 Å². The fourth-order valence-electron chi connectivity index (χ4n) is 3.18. The van der Waals surface area contributed by atoms with E-state index in [1.807, 2.05) is 13.0 Å². The topological polar surface area (TPSA) is 49.4 Å². The van der Waals surface area contributed by atoms with Crippen molar-refractivity contribution < 1.29 is 14.0 Å². The molecule has 0 radical (unpaired) electrons. The molecule has 174 valence electrons. The predicted molar refractivity (Wildman–Crippen MR) is 132 cm³/mol. The zero-order chi connectivity index (χ0) is 23.5. The van der Waals surface area contributed by atoms with Crippen molar-refractivity contribution in [3.63, 3.8) is 0 Å². The quantitative estimate of drug-likeness (QED) is 0.360. The van der Waals surface area contributed by atoms with E-state index in [0.717, 1.165) is 24.0 Å². The number of nitrogens with zero attached hydrogens (tertiary/aromatic N) is 1. The molecule has 0 aliphatic carbocycles. The number of carbonyl (C=O) groups excluding carboxylic acids is 2. The number of hydrogen-bond acceptors (Lipinski definition) is 3. The van der Waals surface area contributed by atoms with E-state index in [2.05, 4.69) is 12.2 Å². The molecule has 2 amide bonds. The number of hydrogen-bond donors (Lipinski definition) is 1. The van der Waals surface area contributed by atoms with Gasteiger partial charge in [-0.25, -0.2) is 4.39 Å². The molecule has 1 unspecified atom stereocenters. The van der Waals surface area contributed by atoms with Crippen LogP contribution in [0.3, 0.4) is 0 Å². The van der Waals surface area contributed by atoms with Crippen molar-refractivity contribution in [3.8, 4) is 0 Å². The van der Waals surface area contributed by atoms with Gasteiger partial charge in [0, 0.05) is 18.8 Å². The highest BCUT2D eigenvalue weighted by atomic mass is 35.5. The monoisotopic (exact) mass is 498 g/mol. The summed E-state index contributed by atoms with van der Waals surface area (Å²) in [5.41, 5.74) is 1.74. The molecule has 1 N–H and O–H groups in total. The summed E-state index contributed by atoms with van der Waals surface area (Å²) in [6.45, 7) is 4.76. The van der Waals surface area contributed by atoms with Gasteiger partial charge in [-0.1, -0.05) is 61.7 Å². The van der Waals surface area contributed by atoms with Crippen LogP contribution in [0.2, 0.25) is 10.0 Å². The van der Waals surface area contributed by atoms with Gasteiger partial charge in [0.25, 0.3) is 0 Å². The van der Waals surface area contributed by atoms with Crippen molar-refractivity contribution in [2.24, 2.45) is 0 Å². The van der Waals surface area contributed by atoms with Gasteiger partial charge in [0.2, 0.25) is 11.8 Å². The first-order valence-electron chi connectivity index (χ1n) is 10.7. The number of unbranched alkanes of at least 4 members (excludes halogenated alkanes) is 1. The largest absolute Gasteiger partial charge is 0.354 e. The lowest BCUT2D eigenvalue weighted by Gasteiger charge is -2.30. The van der Waals surface area contributed by atoms with Crippen LogP contribution in [-0.4, -0.2) is 35.1 Å². The number of halogens is 3. The maximum Gasteiger partial charge on any atom is 0.242 e. The predicted octanol–water partition coefficient (Wildman–Crippen LogP) is 6.09. The van der Waals surface area contributed by atoms with Crippen molar-refractivity contribution in [2.75, 3.05) is 12.3 Å². The summed E-state index contributed by atoms with van der Waals surface area (Å²) >= 11 is 13.5. The van der Waals surface area contributed by atoms with Crippen LogP contribution in [0, 0.1) is 5.82 Å². The molecule has 4 nitrogen and oxygen atoms in total. The number of amides is 2. The van der Waals surface area contributed by atoms with Crippen LogP contribution in [0.15, 0.2) is 42.5 Å². The van der Waals surface area contributed by atoms with E-state index in [1.54, 1.807) is 29.2 Å². The second-order valence-corrected chi connectivity index (χ2v) is 9.26. The van der Waals surface area contributed by atoms with E-state index >= 15 is 0 Å². The molecule has 0 saturated carbocycles. The second kappa shape index (κ2) is 13.7. The van der Waals surface area contributed by atoms with Gasteiger partial charge < -0.3 is 10.2 Å². The number of carbonyl (C=O) groups is 2. The minimum absolute atomic E-state index is 0.142. The van der Waals surface area contributed by atoms with Crippen LogP contribution in [0.4, 0.5) is 4.39 Å². The third kappa shape index (κ3) is 8.30. The van der Waals surface area contributed by atoms with Gasteiger partial charge in [0.15, 0.2) is 0 Å². The van der Waals surface area contributed by atoms with Gasteiger partial charge in [0.05, 0.1) is 15.8 Å². The Kier molecular flexibility index (Phi) is 11.4. The molecule has 0 spiro atoms. The normalized spacial score (nSPS) is 11.8. The lowest BCUT2D eigenvalue weighted by molar-refractivity contribution is -0.139. The van der Waals surface area contributed by atoms with Crippen molar-refractivity contribution in [1.82, 2.24) is 10.2 Å². The van der Waals surface area contributed by atoms with Gasteiger partial charge in [-0.05, 0) is 48.2 Å². The van der Waals surface area contributed by atoms with E-state index in [9.17, 15) is 14.0 Å². The third-order valence-electron chi connectivity index (χ3n) is 4.96. The average Bonchev–Trinajstić information content (AvgIpc) is 2.77. The van der Waals surface area contributed by atoms with Crippen molar-refractivity contribution in [2.45, 2.75) is 51.4 Å². The molecule has 0 saturated heterocycles. The SMILES string of the molecule is CCCCNC(=O)C(CC)N(Cc1ccc(F)cc1)C(=O)CSCc1ccc(Cl)c(Cl)c1.